The maximum atomic E-state index is 5.03. The lowest BCUT2D eigenvalue weighted by Crippen LogP contribution is -1.98. The van der Waals surface area contributed by atoms with Gasteiger partial charge in [0.25, 0.3) is 0 Å². The summed E-state index contributed by atoms with van der Waals surface area (Å²) in [4.78, 5) is 0. The van der Waals surface area contributed by atoms with Gasteiger partial charge in [-0.2, -0.15) is 0 Å². The molecule has 2 rings (SSSR count). The molecule has 0 unspecified atom stereocenters. The van der Waals surface area contributed by atoms with Crippen LogP contribution in [-0.2, 0) is 11.3 Å². The summed E-state index contributed by atoms with van der Waals surface area (Å²) in [5.41, 5.74) is 2.01. The van der Waals surface area contributed by atoms with Crippen LogP contribution in [0.4, 0.5) is 0 Å². The summed E-state index contributed by atoms with van der Waals surface area (Å²) in [6, 6.07) is 7.81. The van der Waals surface area contributed by atoms with Crippen LogP contribution in [0.3, 0.4) is 0 Å². The van der Waals surface area contributed by atoms with Crippen LogP contribution in [0.15, 0.2) is 24.3 Å². The highest BCUT2D eigenvalue weighted by Gasteiger charge is 2.02. The molecule has 0 N–H and O–H groups in total. The number of ether oxygens (including phenoxy) is 1. The summed E-state index contributed by atoms with van der Waals surface area (Å²) >= 11 is 0. The van der Waals surface area contributed by atoms with Crippen LogP contribution in [-0.4, -0.2) is 27.5 Å². The largest absolute Gasteiger partial charge is 0.380 e. The quantitative estimate of drug-likeness (QED) is 0.775. The number of rotatable bonds is 3. The maximum Gasteiger partial charge on any atom is 0.203 e. The van der Waals surface area contributed by atoms with Gasteiger partial charge in [0.2, 0.25) is 5.82 Å². The highest BCUT2D eigenvalue weighted by atomic mass is 16.5. The summed E-state index contributed by atoms with van der Waals surface area (Å²) in [5.74, 6) is 1.11. The lowest BCUT2D eigenvalue weighted by molar-refractivity contribution is 0.185. The van der Waals surface area contributed by atoms with Crippen molar-refractivity contribution < 1.29 is 4.74 Å². The van der Waals surface area contributed by atoms with Gasteiger partial charge in [-0.25, -0.2) is 0 Å². The standard InChI is InChI=1S/C11H12N4O/c1-8-12-14-11(15-13-8)10-5-3-9(4-6-10)7-16-2/h3-6H,7H2,1-2H3. The van der Waals surface area contributed by atoms with Gasteiger partial charge in [-0.1, -0.05) is 24.3 Å². The van der Waals surface area contributed by atoms with Crippen LogP contribution >= 0.6 is 0 Å². The van der Waals surface area contributed by atoms with E-state index in [1.54, 1.807) is 14.0 Å². The van der Waals surface area contributed by atoms with Crippen LogP contribution < -0.4 is 0 Å². The van der Waals surface area contributed by atoms with E-state index in [2.05, 4.69) is 20.4 Å². The highest BCUT2D eigenvalue weighted by molar-refractivity contribution is 5.53. The number of aromatic nitrogens is 4. The highest BCUT2D eigenvalue weighted by Crippen LogP contribution is 2.14. The van der Waals surface area contributed by atoms with Crippen molar-refractivity contribution in [3.63, 3.8) is 0 Å². The fourth-order valence-corrected chi connectivity index (χ4v) is 1.31. The molecule has 0 aliphatic rings. The van der Waals surface area contributed by atoms with Gasteiger partial charge < -0.3 is 4.74 Å². The van der Waals surface area contributed by atoms with Crippen molar-refractivity contribution in [1.82, 2.24) is 20.4 Å². The molecule has 0 aliphatic carbocycles. The molecule has 1 aromatic carbocycles. The molecule has 1 aromatic heterocycles. The Morgan fingerprint density at radius 1 is 1.00 bits per heavy atom. The van der Waals surface area contributed by atoms with Crippen LogP contribution in [0.5, 0.6) is 0 Å². The number of hydrogen-bond donors (Lipinski definition) is 0. The first-order valence-electron chi connectivity index (χ1n) is 4.92. The van der Waals surface area contributed by atoms with Gasteiger partial charge >= 0.3 is 0 Å². The molecule has 0 fully saturated rings. The monoisotopic (exact) mass is 216 g/mol. The van der Waals surface area contributed by atoms with E-state index in [-0.39, 0.29) is 0 Å². The van der Waals surface area contributed by atoms with Crippen molar-refractivity contribution in [2.75, 3.05) is 7.11 Å². The molecule has 0 radical (unpaired) electrons. The van der Waals surface area contributed by atoms with Gasteiger partial charge in [0.1, 0.15) is 0 Å². The average Bonchev–Trinajstić information content (AvgIpc) is 2.32. The van der Waals surface area contributed by atoms with E-state index < -0.39 is 0 Å². The second kappa shape index (κ2) is 4.76. The van der Waals surface area contributed by atoms with E-state index in [1.807, 2.05) is 24.3 Å². The van der Waals surface area contributed by atoms with Crippen LogP contribution in [0.1, 0.15) is 11.4 Å². The first-order valence-corrected chi connectivity index (χ1v) is 4.92. The molecule has 0 saturated heterocycles. The molecule has 0 atom stereocenters. The predicted octanol–water partition coefficient (Wildman–Crippen LogP) is 1.39. The molecular formula is C11H12N4O. The molecule has 0 saturated carbocycles. The van der Waals surface area contributed by atoms with Crippen LogP contribution in [0, 0.1) is 6.92 Å². The van der Waals surface area contributed by atoms with E-state index in [4.69, 9.17) is 4.74 Å². The van der Waals surface area contributed by atoms with E-state index in [1.165, 1.54) is 0 Å². The van der Waals surface area contributed by atoms with Gasteiger partial charge in [0.15, 0.2) is 5.82 Å². The first-order chi connectivity index (χ1) is 7.79. The topological polar surface area (TPSA) is 60.8 Å². The zero-order valence-corrected chi connectivity index (χ0v) is 9.21. The van der Waals surface area contributed by atoms with Gasteiger partial charge in [-0.3, -0.25) is 0 Å². The second-order valence-electron chi connectivity index (χ2n) is 3.40. The Morgan fingerprint density at radius 2 is 1.62 bits per heavy atom. The molecule has 0 amide bonds. The Balaban J connectivity index is 2.24. The molecule has 82 valence electrons. The third-order valence-electron chi connectivity index (χ3n) is 2.10. The first kappa shape index (κ1) is 10.6. The molecule has 2 aromatic rings. The molecule has 0 bridgehead atoms. The Bertz CT molecular complexity index is 452. The van der Waals surface area contributed by atoms with Gasteiger partial charge in [0, 0.05) is 12.7 Å². The smallest absolute Gasteiger partial charge is 0.203 e. The average molecular weight is 216 g/mol. The number of benzene rings is 1. The third kappa shape index (κ3) is 2.38. The van der Waals surface area contributed by atoms with Crippen molar-refractivity contribution >= 4 is 0 Å². The normalized spacial score (nSPS) is 10.4. The van der Waals surface area contributed by atoms with Gasteiger partial charge in [0.05, 0.1) is 6.61 Å². The van der Waals surface area contributed by atoms with Crippen molar-refractivity contribution in [1.29, 1.82) is 0 Å². The van der Waals surface area contributed by atoms with Gasteiger partial charge in [-0.05, 0) is 12.5 Å². The molecule has 5 nitrogen and oxygen atoms in total. The minimum absolute atomic E-state index is 0.537. The van der Waals surface area contributed by atoms with Crippen molar-refractivity contribution in [3.05, 3.63) is 35.7 Å². The fraction of sp³-hybridized carbons (Fsp3) is 0.273. The van der Waals surface area contributed by atoms with E-state index in [0.29, 0.717) is 18.3 Å². The lowest BCUT2D eigenvalue weighted by Gasteiger charge is -2.01. The van der Waals surface area contributed by atoms with E-state index in [9.17, 15) is 0 Å². The summed E-state index contributed by atoms with van der Waals surface area (Å²) in [5, 5.41) is 15.7. The predicted molar refractivity (Wildman–Crippen MR) is 58.5 cm³/mol. The third-order valence-corrected chi connectivity index (χ3v) is 2.10. The molecular weight excluding hydrogens is 204 g/mol. The summed E-state index contributed by atoms with van der Waals surface area (Å²) in [6.45, 7) is 2.36. The Hall–Kier alpha value is -1.88. The van der Waals surface area contributed by atoms with E-state index in [0.717, 1.165) is 11.1 Å². The SMILES string of the molecule is COCc1ccc(-c2nnc(C)nn2)cc1. The van der Waals surface area contributed by atoms with Crippen molar-refractivity contribution in [2.45, 2.75) is 13.5 Å². The number of nitrogens with zero attached hydrogens (tertiary/aromatic N) is 4. The van der Waals surface area contributed by atoms with Crippen molar-refractivity contribution in [2.24, 2.45) is 0 Å². The fourth-order valence-electron chi connectivity index (χ4n) is 1.31. The molecule has 0 spiro atoms. The zero-order chi connectivity index (χ0) is 11.4. The summed E-state index contributed by atoms with van der Waals surface area (Å²) < 4.78 is 5.03. The molecule has 0 aliphatic heterocycles. The number of hydrogen-bond acceptors (Lipinski definition) is 5. The minimum Gasteiger partial charge on any atom is -0.380 e. The van der Waals surface area contributed by atoms with Crippen molar-refractivity contribution in [3.8, 4) is 11.4 Å². The molecule has 5 heteroatoms. The summed E-state index contributed by atoms with van der Waals surface area (Å²) in [6.07, 6.45) is 0. The minimum atomic E-state index is 0.537. The summed E-state index contributed by atoms with van der Waals surface area (Å²) in [7, 11) is 1.67. The maximum absolute atomic E-state index is 5.03. The Morgan fingerprint density at radius 3 is 2.19 bits per heavy atom. The molecule has 1 heterocycles. The van der Waals surface area contributed by atoms with Gasteiger partial charge in [-0.15, -0.1) is 20.4 Å². The van der Waals surface area contributed by atoms with Crippen LogP contribution in [0.25, 0.3) is 11.4 Å². The zero-order valence-electron chi connectivity index (χ0n) is 9.21. The second-order valence-corrected chi connectivity index (χ2v) is 3.40. The van der Waals surface area contributed by atoms with Crippen LogP contribution in [0.2, 0.25) is 0 Å². The number of aryl methyl sites for hydroxylation is 1. The Labute approximate surface area is 93.5 Å². The number of methoxy groups -OCH3 is 1. The molecule has 16 heavy (non-hydrogen) atoms. The Kier molecular flexibility index (Phi) is 3.16. The van der Waals surface area contributed by atoms with E-state index >= 15 is 0 Å². The lowest BCUT2D eigenvalue weighted by atomic mass is 10.1.